The van der Waals surface area contributed by atoms with Crippen molar-refractivity contribution in [2.75, 3.05) is 5.32 Å². The molecule has 27 heavy (non-hydrogen) atoms. The molecule has 6 heteroatoms. The Labute approximate surface area is 164 Å². The van der Waals surface area contributed by atoms with E-state index < -0.39 is 0 Å². The maximum absolute atomic E-state index is 12.4. The van der Waals surface area contributed by atoms with E-state index in [1.165, 1.54) is 12.8 Å². The first-order valence-corrected chi connectivity index (χ1v) is 9.60. The van der Waals surface area contributed by atoms with Crippen LogP contribution in [0.4, 0.5) is 10.5 Å². The van der Waals surface area contributed by atoms with E-state index in [1.54, 1.807) is 24.3 Å². The van der Waals surface area contributed by atoms with Gasteiger partial charge in [-0.05, 0) is 61.2 Å². The van der Waals surface area contributed by atoms with Gasteiger partial charge in [-0.2, -0.15) is 0 Å². The van der Waals surface area contributed by atoms with Crippen molar-refractivity contribution in [2.45, 2.75) is 45.2 Å². The fourth-order valence-corrected chi connectivity index (χ4v) is 3.49. The minimum Gasteiger partial charge on any atom is -0.349 e. The molecule has 142 valence electrons. The molecule has 3 rings (SSSR count). The lowest BCUT2D eigenvalue weighted by atomic mass is 10.1. The molecule has 0 bridgehead atoms. The summed E-state index contributed by atoms with van der Waals surface area (Å²) in [6, 6.07) is 12.6. The van der Waals surface area contributed by atoms with Crippen LogP contribution >= 0.6 is 11.6 Å². The fourth-order valence-electron chi connectivity index (χ4n) is 3.28. The number of nitrogens with one attached hydrogen (secondary N) is 3. The van der Waals surface area contributed by atoms with E-state index >= 15 is 0 Å². The highest BCUT2D eigenvalue weighted by Crippen LogP contribution is 2.20. The summed E-state index contributed by atoms with van der Waals surface area (Å²) in [5.41, 5.74) is 3.06. The summed E-state index contributed by atoms with van der Waals surface area (Å²) in [7, 11) is 0. The third-order valence-electron chi connectivity index (χ3n) is 4.77. The van der Waals surface area contributed by atoms with Gasteiger partial charge in [0.05, 0.1) is 0 Å². The number of hydrogen-bond acceptors (Lipinski definition) is 2. The lowest BCUT2D eigenvalue weighted by Gasteiger charge is -2.14. The van der Waals surface area contributed by atoms with Crippen LogP contribution in [-0.4, -0.2) is 18.0 Å². The summed E-state index contributed by atoms with van der Waals surface area (Å²) in [4.78, 5) is 24.5. The number of carbonyl (C=O) groups excluding carboxylic acids is 2. The number of anilines is 1. The second-order valence-corrected chi connectivity index (χ2v) is 7.36. The molecule has 1 saturated carbocycles. The van der Waals surface area contributed by atoms with E-state index in [0.717, 1.165) is 24.0 Å². The SMILES string of the molecule is Cc1cc(C(=O)NC2CCCC2)ccc1NC(=O)NCc1cccc(Cl)c1. The molecule has 1 fully saturated rings. The zero-order chi connectivity index (χ0) is 19.2. The topological polar surface area (TPSA) is 70.2 Å². The van der Waals surface area contributed by atoms with Gasteiger partial charge in [0.2, 0.25) is 0 Å². The van der Waals surface area contributed by atoms with E-state index in [0.29, 0.717) is 22.8 Å². The van der Waals surface area contributed by atoms with E-state index in [4.69, 9.17) is 11.6 Å². The van der Waals surface area contributed by atoms with Crippen molar-refractivity contribution < 1.29 is 9.59 Å². The van der Waals surface area contributed by atoms with Crippen LogP contribution in [0.3, 0.4) is 0 Å². The van der Waals surface area contributed by atoms with E-state index in [-0.39, 0.29) is 18.0 Å². The highest BCUT2D eigenvalue weighted by molar-refractivity contribution is 6.30. The third kappa shape index (κ3) is 5.47. The van der Waals surface area contributed by atoms with Crippen molar-refractivity contribution in [3.63, 3.8) is 0 Å². The molecular weight excluding hydrogens is 362 g/mol. The van der Waals surface area contributed by atoms with E-state index in [2.05, 4.69) is 16.0 Å². The molecule has 5 nitrogen and oxygen atoms in total. The molecule has 0 atom stereocenters. The summed E-state index contributed by atoms with van der Waals surface area (Å²) in [5, 5.41) is 9.33. The number of urea groups is 1. The minimum atomic E-state index is -0.304. The molecule has 1 aliphatic carbocycles. The highest BCUT2D eigenvalue weighted by Gasteiger charge is 2.18. The molecule has 2 aromatic carbocycles. The lowest BCUT2D eigenvalue weighted by Crippen LogP contribution is -2.32. The van der Waals surface area contributed by atoms with Gasteiger partial charge in [0, 0.05) is 28.9 Å². The van der Waals surface area contributed by atoms with Gasteiger partial charge in [-0.25, -0.2) is 4.79 Å². The maximum atomic E-state index is 12.4. The molecule has 0 aromatic heterocycles. The maximum Gasteiger partial charge on any atom is 0.319 e. The normalized spacial score (nSPS) is 14.0. The van der Waals surface area contributed by atoms with Gasteiger partial charge >= 0.3 is 6.03 Å². The van der Waals surface area contributed by atoms with Crippen molar-refractivity contribution in [3.8, 4) is 0 Å². The average Bonchev–Trinajstić information content (AvgIpc) is 3.15. The Morgan fingerprint density at radius 2 is 1.89 bits per heavy atom. The first-order valence-electron chi connectivity index (χ1n) is 9.22. The van der Waals surface area contributed by atoms with Gasteiger partial charge < -0.3 is 16.0 Å². The van der Waals surface area contributed by atoms with Crippen LogP contribution in [0.15, 0.2) is 42.5 Å². The Morgan fingerprint density at radius 1 is 1.11 bits per heavy atom. The van der Waals surface area contributed by atoms with Crippen LogP contribution in [0.2, 0.25) is 5.02 Å². The number of halogens is 1. The lowest BCUT2D eigenvalue weighted by molar-refractivity contribution is 0.0938. The minimum absolute atomic E-state index is 0.0537. The molecule has 2 aromatic rings. The first kappa shape index (κ1) is 19.2. The highest BCUT2D eigenvalue weighted by atomic mass is 35.5. The molecule has 0 unspecified atom stereocenters. The number of aryl methyl sites for hydroxylation is 1. The van der Waals surface area contributed by atoms with Crippen molar-refractivity contribution in [1.29, 1.82) is 0 Å². The second-order valence-electron chi connectivity index (χ2n) is 6.92. The Bertz CT molecular complexity index is 832. The van der Waals surface area contributed by atoms with Crippen LogP contribution in [0.25, 0.3) is 0 Å². The largest absolute Gasteiger partial charge is 0.349 e. The number of benzene rings is 2. The Balaban J connectivity index is 1.55. The van der Waals surface area contributed by atoms with E-state index in [9.17, 15) is 9.59 Å². The van der Waals surface area contributed by atoms with Gasteiger partial charge in [0.15, 0.2) is 0 Å². The quantitative estimate of drug-likeness (QED) is 0.701. The molecule has 0 saturated heterocycles. The number of carbonyl (C=O) groups is 2. The van der Waals surface area contributed by atoms with Crippen LogP contribution in [0.5, 0.6) is 0 Å². The fraction of sp³-hybridized carbons (Fsp3) is 0.333. The zero-order valence-electron chi connectivity index (χ0n) is 15.3. The number of hydrogen-bond donors (Lipinski definition) is 3. The summed E-state index contributed by atoms with van der Waals surface area (Å²) in [6.45, 7) is 2.26. The van der Waals surface area contributed by atoms with Crippen molar-refractivity contribution in [3.05, 3.63) is 64.2 Å². The molecule has 0 aliphatic heterocycles. The predicted molar refractivity (Wildman–Crippen MR) is 108 cm³/mol. The Hall–Kier alpha value is -2.53. The van der Waals surface area contributed by atoms with Crippen LogP contribution in [0.1, 0.15) is 47.2 Å². The Kier molecular flexibility index (Phi) is 6.35. The monoisotopic (exact) mass is 385 g/mol. The number of amides is 3. The molecule has 0 spiro atoms. The molecular formula is C21H24ClN3O2. The van der Waals surface area contributed by atoms with Crippen molar-refractivity contribution in [1.82, 2.24) is 10.6 Å². The summed E-state index contributed by atoms with van der Waals surface area (Å²) >= 11 is 5.94. The summed E-state index contributed by atoms with van der Waals surface area (Å²) in [5.74, 6) is -0.0537. The zero-order valence-corrected chi connectivity index (χ0v) is 16.1. The molecule has 0 heterocycles. The first-order chi connectivity index (χ1) is 13.0. The van der Waals surface area contributed by atoms with Gasteiger partial charge in [-0.3, -0.25) is 4.79 Å². The number of rotatable bonds is 5. The van der Waals surface area contributed by atoms with Gasteiger partial charge in [-0.1, -0.05) is 36.6 Å². The summed E-state index contributed by atoms with van der Waals surface area (Å²) in [6.07, 6.45) is 4.46. The van der Waals surface area contributed by atoms with Crippen LogP contribution < -0.4 is 16.0 Å². The summed E-state index contributed by atoms with van der Waals surface area (Å²) < 4.78 is 0. The third-order valence-corrected chi connectivity index (χ3v) is 5.00. The van der Waals surface area contributed by atoms with Gasteiger partial charge in [0.1, 0.15) is 0 Å². The van der Waals surface area contributed by atoms with Gasteiger partial charge in [0.25, 0.3) is 5.91 Å². The van der Waals surface area contributed by atoms with Crippen molar-refractivity contribution in [2.24, 2.45) is 0 Å². The second kappa shape index (κ2) is 8.91. The standard InChI is InChI=1S/C21H24ClN3O2/c1-14-11-16(20(26)24-18-7-2-3-8-18)9-10-19(14)25-21(27)23-13-15-5-4-6-17(22)12-15/h4-6,9-12,18H,2-3,7-8,13H2,1H3,(H,24,26)(H2,23,25,27). The van der Waals surface area contributed by atoms with Gasteiger partial charge in [-0.15, -0.1) is 0 Å². The van der Waals surface area contributed by atoms with Crippen molar-refractivity contribution >= 4 is 29.2 Å². The Morgan fingerprint density at radius 3 is 2.59 bits per heavy atom. The smallest absolute Gasteiger partial charge is 0.319 e. The van der Waals surface area contributed by atoms with Crippen LogP contribution in [-0.2, 0) is 6.54 Å². The molecule has 1 aliphatic rings. The molecule has 3 amide bonds. The predicted octanol–water partition coefficient (Wildman–Crippen LogP) is 4.64. The molecule has 0 radical (unpaired) electrons. The average molecular weight is 386 g/mol. The van der Waals surface area contributed by atoms with Crippen LogP contribution in [0, 0.1) is 6.92 Å². The van der Waals surface area contributed by atoms with E-state index in [1.807, 2.05) is 25.1 Å². The molecule has 3 N–H and O–H groups in total.